The maximum Gasteiger partial charge on any atom is 0.573 e. The molecule has 8 heteroatoms. The lowest BCUT2D eigenvalue weighted by atomic mass is 10.1. The zero-order valence-electron chi connectivity index (χ0n) is 12.1. The Bertz CT molecular complexity index is 704. The van der Waals surface area contributed by atoms with Crippen LogP contribution in [0.15, 0.2) is 48.5 Å². The van der Waals surface area contributed by atoms with Crippen molar-refractivity contribution in [1.82, 2.24) is 0 Å². The molecule has 128 valence electrons. The lowest BCUT2D eigenvalue weighted by Crippen LogP contribution is -2.25. The Hall–Kier alpha value is -2.09. The fourth-order valence-corrected chi connectivity index (χ4v) is 2.37. The highest BCUT2D eigenvalue weighted by molar-refractivity contribution is 9.10. The average Bonchev–Trinajstić information content (AvgIpc) is 2.50. The van der Waals surface area contributed by atoms with E-state index in [-0.39, 0.29) is 12.2 Å². The van der Waals surface area contributed by atoms with E-state index in [1.54, 1.807) is 18.2 Å². The van der Waals surface area contributed by atoms with Crippen LogP contribution in [0.3, 0.4) is 0 Å². The maximum absolute atomic E-state index is 13.6. The molecule has 0 saturated carbocycles. The summed E-state index contributed by atoms with van der Waals surface area (Å²) in [5.41, 5.74) is 0.677. The van der Waals surface area contributed by atoms with E-state index < -0.39 is 22.9 Å². The van der Waals surface area contributed by atoms with Crippen molar-refractivity contribution < 1.29 is 27.1 Å². The lowest BCUT2D eigenvalue weighted by molar-refractivity contribution is -0.274. The Morgan fingerprint density at radius 2 is 1.75 bits per heavy atom. The number of rotatable bonds is 5. The normalized spacial score (nSPS) is 12.5. The number of benzene rings is 2. The van der Waals surface area contributed by atoms with Gasteiger partial charge in [0.2, 0.25) is 5.91 Å². The number of hydrogen-bond acceptors (Lipinski definition) is 2. The summed E-state index contributed by atoms with van der Waals surface area (Å²) < 4.78 is 53.5. The van der Waals surface area contributed by atoms with E-state index in [9.17, 15) is 22.4 Å². The molecule has 1 N–H and O–H groups in total. The third kappa shape index (κ3) is 5.52. The first-order valence-corrected chi connectivity index (χ1v) is 7.70. The smallest absolute Gasteiger partial charge is 0.406 e. The largest absolute Gasteiger partial charge is 0.573 e. The SMILES string of the molecule is O=C(Nc1ccc(OC(F)(F)F)cc1)C(Br)Cc1ccccc1F. The summed E-state index contributed by atoms with van der Waals surface area (Å²) >= 11 is 3.17. The first-order valence-electron chi connectivity index (χ1n) is 6.79. The number of carbonyl (C=O) groups is 1. The number of carbonyl (C=O) groups excluding carboxylic acids is 1. The fraction of sp³-hybridized carbons (Fsp3) is 0.188. The molecule has 3 nitrogen and oxygen atoms in total. The van der Waals surface area contributed by atoms with Gasteiger partial charge in [0, 0.05) is 5.69 Å². The van der Waals surface area contributed by atoms with Gasteiger partial charge in [-0.2, -0.15) is 0 Å². The van der Waals surface area contributed by atoms with Crippen LogP contribution in [0.25, 0.3) is 0 Å². The van der Waals surface area contributed by atoms with Crippen LogP contribution in [0, 0.1) is 5.82 Å². The van der Waals surface area contributed by atoms with Gasteiger partial charge < -0.3 is 10.1 Å². The molecule has 0 heterocycles. The molecule has 0 aliphatic heterocycles. The number of anilines is 1. The number of ether oxygens (including phenoxy) is 1. The fourth-order valence-electron chi connectivity index (χ4n) is 1.91. The molecule has 0 saturated heterocycles. The third-order valence-electron chi connectivity index (χ3n) is 3.00. The van der Waals surface area contributed by atoms with Gasteiger partial charge in [0.25, 0.3) is 0 Å². The van der Waals surface area contributed by atoms with Gasteiger partial charge in [-0.3, -0.25) is 4.79 Å². The quantitative estimate of drug-likeness (QED) is 0.579. The summed E-state index contributed by atoms with van der Waals surface area (Å²) in [5.74, 6) is -1.24. The molecule has 0 aromatic heterocycles. The monoisotopic (exact) mass is 405 g/mol. The van der Waals surface area contributed by atoms with Gasteiger partial charge >= 0.3 is 6.36 Å². The second kappa shape index (κ2) is 7.65. The lowest BCUT2D eigenvalue weighted by Gasteiger charge is -2.12. The van der Waals surface area contributed by atoms with Crippen molar-refractivity contribution in [3.8, 4) is 5.75 Å². The molecule has 1 atom stereocenters. The molecule has 0 fully saturated rings. The van der Waals surface area contributed by atoms with Crippen molar-refractivity contribution in [2.45, 2.75) is 17.6 Å². The highest BCUT2D eigenvalue weighted by Gasteiger charge is 2.31. The number of alkyl halides is 4. The summed E-state index contributed by atoms with van der Waals surface area (Å²) in [5, 5.41) is 2.53. The van der Waals surface area contributed by atoms with E-state index in [1.165, 1.54) is 18.2 Å². The van der Waals surface area contributed by atoms with Crippen LogP contribution in [0.4, 0.5) is 23.2 Å². The van der Waals surface area contributed by atoms with E-state index in [0.29, 0.717) is 11.3 Å². The van der Waals surface area contributed by atoms with Gasteiger partial charge in [-0.1, -0.05) is 34.1 Å². The third-order valence-corrected chi connectivity index (χ3v) is 3.74. The summed E-state index contributed by atoms with van der Waals surface area (Å²) in [7, 11) is 0. The molecule has 1 unspecified atom stereocenters. The number of hydrogen-bond donors (Lipinski definition) is 1. The molecule has 24 heavy (non-hydrogen) atoms. The Morgan fingerprint density at radius 3 is 2.33 bits per heavy atom. The molecular formula is C16H12BrF4NO2. The first kappa shape index (κ1) is 18.3. The minimum atomic E-state index is -4.77. The standard InChI is InChI=1S/C16H12BrF4NO2/c17-13(9-10-3-1-2-4-14(10)18)15(23)22-11-5-7-12(8-6-11)24-16(19,20)21/h1-8,13H,9H2,(H,22,23). The molecule has 0 aliphatic rings. The Balaban J connectivity index is 1.95. The van der Waals surface area contributed by atoms with Crippen molar-refractivity contribution in [1.29, 1.82) is 0 Å². The van der Waals surface area contributed by atoms with Gasteiger partial charge in [0.05, 0.1) is 4.83 Å². The Morgan fingerprint density at radius 1 is 1.12 bits per heavy atom. The molecule has 0 bridgehead atoms. The van der Waals surface area contributed by atoms with Crippen LogP contribution >= 0.6 is 15.9 Å². The molecule has 0 spiro atoms. The minimum Gasteiger partial charge on any atom is -0.406 e. The molecule has 2 rings (SSSR count). The van der Waals surface area contributed by atoms with Gasteiger partial charge in [-0.25, -0.2) is 4.39 Å². The van der Waals surface area contributed by atoms with E-state index in [0.717, 1.165) is 12.1 Å². The van der Waals surface area contributed by atoms with Crippen LogP contribution in [0.5, 0.6) is 5.75 Å². The molecule has 0 aliphatic carbocycles. The second-order valence-corrected chi connectivity index (χ2v) is 5.93. The zero-order valence-corrected chi connectivity index (χ0v) is 13.7. The number of amides is 1. The summed E-state index contributed by atoms with van der Waals surface area (Å²) in [6, 6.07) is 10.8. The van der Waals surface area contributed by atoms with E-state index in [1.807, 2.05) is 0 Å². The second-order valence-electron chi connectivity index (χ2n) is 4.82. The summed E-state index contributed by atoms with van der Waals surface area (Å²) in [6.45, 7) is 0. The molecular weight excluding hydrogens is 394 g/mol. The Labute approximate surface area is 143 Å². The van der Waals surface area contributed by atoms with Gasteiger partial charge in [-0.05, 0) is 42.3 Å². The van der Waals surface area contributed by atoms with Crippen molar-refractivity contribution in [3.05, 3.63) is 59.9 Å². The van der Waals surface area contributed by atoms with Crippen LogP contribution in [0.2, 0.25) is 0 Å². The van der Waals surface area contributed by atoms with Gasteiger partial charge in [0.15, 0.2) is 0 Å². The molecule has 2 aromatic rings. The van der Waals surface area contributed by atoms with E-state index in [2.05, 4.69) is 26.0 Å². The van der Waals surface area contributed by atoms with Gasteiger partial charge in [-0.15, -0.1) is 13.2 Å². The molecule has 1 amide bonds. The van der Waals surface area contributed by atoms with Gasteiger partial charge in [0.1, 0.15) is 11.6 Å². The van der Waals surface area contributed by atoms with Crippen LogP contribution in [-0.2, 0) is 11.2 Å². The van der Waals surface area contributed by atoms with E-state index >= 15 is 0 Å². The molecule has 0 radical (unpaired) electrons. The minimum absolute atomic E-state index is 0.133. The highest BCUT2D eigenvalue weighted by atomic mass is 79.9. The van der Waals surface area contributed by atoms with Crippen LogP contribution in [-0.4, -0.2) is 17.1 Å². The zero-order chi connectivity index (χ0) is 17.7. The molecule has 2 aromatic carbocycles. The van der Waals surface area contributed by atoms with Crippen molar-refractivity contribution in [2.24, 2.45) is 0 Å². The van der Waals surface area contributed by atoms with Crippen molar-refractivity contribution in [2.75, 3.05) is 5.32 Å². The number of halogens is 5. The first-order chi connectivity index (χ1) is 11.2. The predicted octanol–water partition coefficient (Wildman–Crippen LogP) is 4.67. The topological polar surface area (TPSA) is 38.3 Å². The van der Waals surface area contributed by atoms with E-state index in [4.69, 9.17) is 0 Å². The summed E-state index contributed by atoms with van der Waals surface area (Å²) in [4.78, 5) is 11.4. The average molecular weight is 406 g/mol. The van der Waals surface area contributed by atoms with Crippen LogP contribution < -0.4 is 10.1 Å². The Kier molecular flexibility index (Phi) is 5.82. The van der Waals surface area contributed by atoms with Crippen molar-refractivity contribution in [3.63, 3.8) is 0 Å². The van der Waals surface area contributed by atoms with Crippen LogP contribution in [0.1, 0.15) is 5.56 Å². The number of nitrogens with one attached hydrogen (secondary N) is 1. The maximum atomic E-state index is 13.6. The predicted molar refractivity (Wildman–Crippen MR) is 84.6 cm³/mol. The van der Waals surface area contributed by atoms with Crippen molar-refractivity contribution >= 4 is 27.5 Å². The summed E-state index contributed by atoms with van der Waals surface area (Å²) in [6.07, 6.45) is -4.64. The highest BCUT2D eigenvalue weighted by Crippen LogP contribution is 2.24.